The summed E-state index contributed by atoms with van der Waals surface area (Å²) in [5, 5.41) is 0. The molecule has 0 aliphatic carbocycles. The number of hydrogen-bond acceptors (Lipinski definition) is 26. The van der Waals surface area contributed by atoms with Crippen LogP contribution in [0, 0.1) is 53.3 Å². The Balaban J connectivity index is 0.000000555. The van der Waals surface area contributed by atoms with Gasteiger partial charge in [0, 0.05) is 171 Å². The summed E-state index contributed by atoms with van der Waals surface area (Å²) in [7, 11) is 31.7. The van der Waals surface area contributed by atoms with Crippen molar-refractivity contribution >= 4 is 0 Å². The summed E-state index contributed by atoms with van der Waals surface area (Å²) < 4.78 is 140. The van der Waals surface area contributed by atoms with E-state index in [9.17, 15) is 0 Å². The average Bonchev–Trinajstić information content (AvgIpc) is 1.84. The molecule has 7 aliphatic heterocycles. The van der Waals surface area contributed by atoms with E-state index in [4.69, 9.17) is 123 Å². The van der Waals surface area contributed by atoms with Crippen LogP contribution in [-0.2, 0) is 123 Å². The first-order chi connectivity index (χ1) is 45.4. The van der Waals surface area contributed by atoms with Gasteiger partial charge in [-0.05, 0) is 37.0 Å². The van der Waals surface area contributed by atoms with Gasteiger partial charge >= 0.3 is 0 Å². The summed E-state index contributed by atoms with van der Waals surface area (Å²) in [5.74, 6) is 3.29. The third-order valence-electron chi connectivity index (χ3n) is 20.0. The maximum absolute atomic E-state index is 5.81. The number of hydrogen-bond donors (Lipinski definition) is 0. The number of rotatable bonds is 24. The fourth-order valence-electron chi connectivity index (χ4n) is 13.6. The van der Waals surface area contributed by atoms with Gasteiger partial charge in [-0.1, -0.05) is 83.1 Å². The predicted octanol–water partition coefficient (Wildman–Crippen LogP) is 8.16. The smallest absolute Gasteiger partial charge is 0.186 e. The van der Waals surface area contributed by atoms with Crippen LogP contribution in [0.15, 0.2) is 0 Å². The van der Waals surface area contributed by atoms with Crippen LogP contribution in [0.3, 0.4) is 0 Å². The van der Waals surface area contributed by atoms with E-state index < -0.39 is 0 Å². The van der Waals surface area contributed by atoms with Crippen LogP contribution in [0.25, 0.3) is 0 Å². The lowest BCUT2D eigenvalue weighted by molar-refractivity contribution is -0.285. The first-order valence-electron chi connectivity index (χ1n) is 33.9. The second-order valence-corrected chi connectivity index (χ2v) is 25.3. The van der Waals surface area contributed by atoms with Gasteiger partial charge in [0.15, 0.2) is 44.0 Å². The summed E-state index contributed by atoms with van der Waals surface area (Å²) in [4.78, 5) is 0. The Morgan fingerprint density at radius 3 is 0.937 bits per heavy atom. The zero-order chi connectivity index (χ0) is 72.2. The SMILES string of the molecule is CCC1OC(OC)C(C)C1OC.CCC1OC(OC)C(OC)C(C)C1OC.CCC1OC(OC)C(OC)C(OC)C1C.COC1COC(OC)C(OC)C1C.COC1OCC(C)C(OC)C1OC.COCC1OC(OC)C(C)C1C.COCC1OC(OC)C(OC)C(C)C1C. The molecule has 95 heavy (non-hydrogen) atoms. The molecule has 570 valence electrons. The van der Waals surface area contributed by atoms with Crippen molar-refractivity contribution in [2.45, 2.75) is 238 Å². The molecule has 0 aromatic heterocycles. The van der Waals surface area contributed by atoms with Crippen molar-refractivity contribution < 1.29 is 123 Å². The van der Waals surface area contributed by atoms with Crippen LogP contribution in [0.2, 0.25) is 0 Å². The molecule has 0 aromatic rings. The van der Waals surface area contributed by atoms with E-state index in [1.165, 1.54) is 0 Å². The molecule has 0 aromatic carbocycles. The van der Waals surface area contributed by atoms with E-state index in [0.29, 0.717) is 67.9 Å². The van der Waals surface area contributed by atoms with E-state index in [1.54, 1.807) is 135 Å². The molecule has 0 saturated carbocycles. The molecule has 0 spiro atoms. The third-order valence-corrected chi connectivity index (χ3v) is 20.0. The molecule has 7 saturated heterocycles. The average molecular weight is 1380 g/mol. The molecule has 31 atom stereocenters. The Bertz CT molecular complexity index is 1800. The van der Waals surface area contributed by atoms with Gasteiger partial charge in [0.2, 0.25) is 0 Å². The molecule has 7 aliphatic rings. The first kappa shape index (κ1) is 92.0. The molecule has 7 heterocycles. The molecule has 7 fully saturated rings. The highest BCUT2D eigenvalue weighted by Crippen LogP contribution is 2.37. The normalized spacial score (nSPS) is 41.5. The summed E-state index contributed by atoms with van der Waals surface area (Å²) in [6.07, 6.45) is 1.92. The minimum Gasteiger partial charge on any atom is -0.382 e. The van der Waals surface area contributed by atoms with Crippen molar-refractivity contribution in [3.05, 3.63) is 0 Å². The van der Waals surface area contributed by atoms with E-state index in [-0.39, 0.29) is 147 Å². The summed E-state index contributed by atoms with van der Waals surface area (Å²) in [5.41, 5.74) is 0. The third kappa shape index (κ3) is 26.3. The minimum absolute atomic E-state index is 0.00175. The highest BCUT2D eigenvalue weighted by Gasteiger charge is 2.47. The largest absolute Gasteiger partial charge is 0.382 e. The lowest BCUT2D eigenvalue weighted by Gasteiger charge is -2.43. The molecule has 0 bridgehead atoms. The molecule has 0 N–H and O–H groups in total. The Labute approximate surface area is 574 Å². The number of ether oxygens (including phenoxy) is 26. The van der Waals surface area contributed by atoms with Crippen molar-refractivity contribution in [3.63, 3.8) is 0 Å². The van der Waals surface area contributed by atoms with Crippen LogP contribution in [0.5, 0.6) is 0 Å². The summed E-state index contributed by atoms with van der Waals surface area (Å²) >= 11 is 0. The molecule has 31 unspecified atom stereocenters. The van der Waals surface area contributed by atoms with Gasteiger partial charge < -0.3 is 123 Å². The van der Waals surface area contributed by atoms with Crippen LogP contribution < -0.4 is 0 Å². The molecule has 0 radical (unpaired) electrons. The maximum Gasteiger partial charge on any atom is 0.186 e. The summed E-state index contributed by atoms with van der Waals surface area (Å²) in [6, 6.07) is 0. The van der Waals surface area contributed by atoms with Crippen molar-refractivity contribution in [1.82, 2.24) is 0 Å². The van der Waals surface area contributed by atoms with Crippen LogP contribution in [0.1, 0.15) is 102 Å². The number of methoxy groups -OCH3 is 19. The lowest BCUT2D eigenvalue weighted by atomic mass is 9.83. The topological polar surface area (TPSA) is 240 Å². The Kier molecular flexibility index (Phi) is 48.7. The van der Waals surface area contributed by atoms with Crippen molar-refractivity contribution in [1.29, 1.82) is 0 Å². The standard InChI is InChI=1S/3C11H22O4.2C9H18O4.2C9H18O3/c1-7-8(2)10(13-4)11(14-5)15-9(7)6-12-3;1-6-8-9(12-3)7(2)10(13-4)11(14-5)15-8;1-6-8-7(2)9(12-3)10(13-4)11(14-5)15-8;1-6-7(10-2)5-13-9(12-4)8(6)11-3;1-6-5-13-9(12-4)8(11-3)7(6)10-2;1-6-7(2)9(11-4)12-8(6)5-10-3;1-5-7-8(10-3)6(2)9(11-4)12-7/h3*7-11H,6H2,1-5H3;2*6-9H,5H2,1-4H3;2*6-9H,5H2,1-4H3. The van der Waals surface area contributed by atoms with Crippen molar-refractivity contribution in [2.24, 2.45) is 53.3 Å². The molecule has 26 heteroatoms. The first-order valence-corrected chi connectivity index (χ1v) is 33.9. The second kappa shape index (κ2) is 50.3. The predicted molar refractivity (Wildman–Crippen MR) is 357 cm³/mol. The van der Waals surface area contributed by atoms with Gasteiger partial charge in [0.1, 0.15) is 30.5 Å². The highest BCUT2D eigenvalue weighted by atomic mass is 16.7. The fraction of sp³-hybridized carbons (Fsp3) is 1.00. The second-order valence-electron chi connectivity index (χ2n) is 25.3. The van der Waals surface area contributed by atoms with Crippen LogP contribution >= 0.6 is 0 Å². The van der Waals surface area contributed by atoms with E-state index in [0.717, 1.165) is 19.3 Å². The fourth-order valence-corrected chi connectivity index (χ4v) is 13.6. The van der Waals surface area contributed by atoms with Gasteiger partial charge in [-0.25, -0.2) is 0 Å². The molecule has 0 amide bonds. The Morgan fingerprint density at radius 2 is 0.547 bits per heavy atom. The minimum atomic E-state index is -0.332. The molecule has 7 rings (SSSR count). The Morgan fingerprint density at radius 1 is 0.232 bits per heavy atom. The van der Waals surface area contributed by atoms with E-state index in [1.807, 2.05) is 0 Å². The lowest BCUT2D eigenvalue weighted by Crippen LogP contribution is -2.55. The van der Waals surface area contributed by atoms with Gasteiger partial charge in [-0.15, -0.1) is 0 Å². The highest BCUT2D eigenvalue weighted by molar-refractivity contribution is 4.91. The van der Waals surface area contributed by atoms with Crippen LogP contribution in [0.4, 0.5) is 0 Å². The zero-order valence-corrected chi connectivity index (χ0v) is 64.5. The van der Waals surface area contributed by atoms with E-state index >= 15 is 0 Å². The van der Waals surface area contributed by atoms with Gasteiger partial charge in [0.05, 0.1) is 87.5 Å². The van der Waals surface area contributed by atoms with Crippen molar-refractivity contribution in [2.75, 3.05) is 162 Å². The Hall–Kier alpha value is -1.04. The van der Waals surface area contributed by atoms with E-state index in [2.05, 4.69) is 83.1 Å². The van der Waals surface area contributed by atoms with Gasteiger partial charge in [-0.3, -0.25) is 0 Å². The summed E-state index contributed by atoms with van der Waals surface area (Å²) in [6.45, 7) is 27.9. The molecular weight excluding hydrogens is 1240 g/mol. The van der Waals surface area contributed by atoms with Crippen LogP contribution in [-0.4, -0.2) is 297 Å². The van der Waals surface area contributed by atoms with Crippen molar-refractivity contribution in [3.8, 4) is 0 Å². The monoisotopic (exact) mass is 1380 g/mol. The quantitative estimate of drug-likeness (QED) is 0.0885. The molecular formula is C69H138O26. The molecule has 26 nitrogen and oxygen atoms in total. The maximum atomic E-state index is 5.81. The van der Waals surface area contributed by atoms with Gasteiger partial charge in [0.25, 0.3) is 0 Å². The zero-order valence-electron chi connectivity index (χ0n) is 64.5. The van der Waals surface area contributed by atoms with Gasteiger partial charge in [-0.2, -0.15) is 0 Å².